The van der Waals surface area contributed by atoms with Gasteiger partial charge >= 0.3 is 5.97 Å². The molecule has 0 saturated heterocycles. The Hall–Kier alpha value is -2.13. The molecule has 0 bridgehead atoms. The van der Waals surface area contributed by atoms with Crippen molar-refractivity contribution in [3.8, 4) is 0 Å². The van der Waals surface area contributed by atoms with Gasteiger partial charge < -0.3 is 4.74 Å². The van der Waals surface area contributed by atoms with Crippen molar-refractivity contribution in [3.63, 3.8) is 0 Å². The zero-order valence-corrected chi connectivity index (χ0v) is 13.8. The van der Waals surface area contributed by atoms with E-state index in [1.165, 1.54) is 11.1 Å². The Morgan fingerprint density at radius 3 is 2.17 bits per heavy atom. The third kappa shape index (κ3) is 6.66. The highest BCUT2D eigenvalue weighted by Gasteiger charge is 2.12. The van der Waals surface area contributed by atoms with E-state index in [1.807, 2.05) is 31.2 Å². The second kappa shape index (κ2) is 9.80. The summed E-state index contributed by atoms with van der Waals surface area (Å²) < 4.78 is 5.09. The monoisotopic (exact) mass is 311 g/mol. The van der Waals surface area contributed by atoms with Crippen molar-refractivity contribution in [2.75, 3.05) is 19.7 Å². The fourth-order valence-corrected chi connectivity index (χ4v) is 2.60. The topological polar surface area (TPSA) is 29.5 Å². The maximum absolute atomic E-state index is 11.8. The molecule has 2 aromatic carbocycles. The third-order valence-corrected chi connectivity index (χ3v) is 3.69. The Morgan fingerprint density at radius 2 is 1.57 bits per heavy atom. The summed E-state index contributed by atoms with van der Waals surface area (Å²) in [5, 5.41) is 0. The van der Waals surface area contributed by atoms with Crippen LogP contribution in [-0.2, 0) is 22.5 Å². The number of hydrogen-bond donors (Lipinski definition) is 0. The lowest BCUT2D eigenvalue weighted by atomic mass is 10.1. The standard InChI is InChI=1S/C20H25NO2/c1-2-23-20(22)17-21(16-19-12-7-4-8-13-19)15-9-14-18-10-5-3-6-11-18/h3-8,10-13H,2,9,14-17H2,1H3. The molecule has 0 unspecified atom stereocenters. The number of aryl methyl sites for hydroxylation is 1. The molecule has 0 spiro atoms. The first-order valence-corrected chi connectivity index (χ1v) is 8.23. The number of rotatable bonds is 9. The molecule has 0 amide bonds. The minimum absolute atomic E-state index is 0.150. The molecule has 2 aromatic rings. The summed E-state index contributed by atoms with van der Waals surface area (Å²) >= 11 is 0. The minimum Gasteiger partial charge on any atom is -0.465 e. The van der Waals surface area contributed by atoms with Crippen LogP contribution in [0.1, 0.15) is 24.5 Å². The normalized spacial score (nSPS) is 10.7. The highest BCUT2D eigenvalue weighted by Crippen LogP contribution is 2.08. The Balaban J connectivity index is 1.88. The first-order chi connectivity index (χ1) is 11.3. The molecule has 0 atom stereocenters. The van der Waals surface area contributed by atoms with E-state index in [9.17, 15) is 4.79 Å². The molecule has 0 aliphatic rings. The Morgan fingerprint density at radius 1 is 0.957 bits per heavy atom. The van der Waals surface area contributed by atoms with Crippen molar-refractivity contribution in [3.05, 3.63) is 71.8 Å². The molecule has 23 heavy (non-hydrogen) atoms. The highest BCUT2D eigenvalue weighted by atomic mass is 16.5. The molecule has 3 nitrogen and oxygen atoms in total. The van der Waals surface area contributed by atoms with Gasteiger partial charge in [0.25, 0.3) is 0 Å². The first-order valence-electron chi connectivity index (χ1n) is 8.23. The van der Waals surface area contributed by atoms with Gasteiger partial charge in [0.05, 0.1) is 13.2 Å². The largest absolute Gasteiger partial charge is 0.465 e. The Labute approximate surface area is 138 Å². The van der Waals surface area contributed by atoms with E-state index in [1.54, 1.807) is 0 Å². The van der Waals surface area contributed by atoms with Crippen LogP contribution < -0.4 is 0 Å². The van der Waals surface area contributed by atoms with E-state index in [0.29, 0.717) is 13.2 Å². The molecular weight excluding hydrogens is 286 g/mol. The van der Waals surface area contributed by atoms with Gasteiger partial charge in [-0.3, -0.25) is 9.69 Å². The van der Waals surface area contributed by atoms with Crippen molar-refractivity contribution in [2.24, 2.45) is 0 Å². The van der Waals surface area contributed by atoms with Gasteiger partial charge in [-0.05, 0) is 37.4 Å². The number of hydrogen-bond acceptors (Lipinski definition) is 3. The van der Waals surface area contributed by atoms with Crippen molar-refractivity contribution < 1.29 is 9.53 Å². The fraction of sp³-hybridized carbons (Fsp3) is 0.350. The van der Waals surface area contributed by atoms with Gasteiger partial charge in [0, 0.05) is 6.54 Å². The van der Waals surface area contributed by atoms with Crippen LogP contribution in [0.5, 0.6) is 0 Å². The second-order valence-electron chi connectivity index (χ2n) is 5.59. The van der Waals surface area contributed by atoms with E-state index >= 15 is 0 Å². The van der Waals surface area contributed by atoms with Crippen molar-refractivity contribution in [1.82, 2.24) is 4.90 Å². The third-order valence-electron chi connectivity index (χ3n) is 3.69. The molecule has 0 N–H and O–H groups in total. The van der Waals surface area contributed by atoms with Gasteiger partial charge in [-0.15, -0.1) is 0 Å². The summed E-state index contributed by atoms with van der Waals surface area (Å²) in [7, 11) is 0. The number of carbonyl (C=O) groups is 1. The van der Waals surface area contributed by atoms with Gasteiger partial charge in [0.1, 0.15) is 0 Å². The van der Waals surface area contributed by atoms with Gasteiger partial charge in [-0.1, -0.05) is 60.7 Å². The molecular formula is C20H25NO2. The summed E-state index contributed by atoms with van der Waals surface area (Å²) in [6, 6.07) is 20.7. The summed E-state index contributed by atoms with van der Waals surface area (Å²) in [5.41, 5.74) is 2.56. The lowest BCUT2D eigenvalue weighted by molar-refractivity contribution is -0.144. The lowest BCUT2D eigenvalue weighted by Gasteiger charge is -2.21. The van der Waals surface area contributed by atoms with Gasteiger partial charge in [0.15, 0.2) is 0 Å². The van der Waals surface area contributed by atoms with Crippen LogP contribution in [0.2, 0.25) is 0 Å². The van der Waals surface area contributed by atoms with E-state index < -0.39 is 0 Å². The number of ether oxygens (including phenoxy) is 1. The number of carbonyl (C=O) groups excluding carboxylic acids is 1. The maximum Gasteiger partial charge on any atom is 0.320 e. The molecule has 0 aromatic heterocycles. The molecule has 122 valence electrons. The van der Waals surface area contributed by atoms with Crippen LogP contribution in [0.15, 0.2) is 60.7 Å². The molecule has 0 aliphatic carbocycles. The summed E-state index contributed by atoms with van der Waals surface area (Å²) in [6.07, 6.45) is 2.05. The fourth-order valence-electron chi connectivity index (χ4n) is 2.60. The van der Waals surface area contributed by atoms with Crippen LogP contribution in [0.4, 0.5) is 0 Å². The summed E-state index contributed by atoms with van der Waals surface area (Å²) in [6.45, 7) is 4.27. The van der Waals surface area contributed by atoms with Crippen LogP contribution in [-0.4, -0.2) is 30.6 Å². The van der Waals surface area contributed by atoms with Crippen molar-refractivity contribution in [1.29, 1.82) is 0 Å². The van der Waals surface area contributed by atoms with Crippen LogP contribution >= 0.6 is 0 Å². The quantitative estimate of drug-likeness (QED) is 0.662. The van der Waals surface area contributed by atoms with Crippen molar-refractivity contribution >= 4 is 5.97 Å². The lowest BCUT2D eigenvalue weighted by Crippen LogP contribution is -2.31. The Kier molecular flexibility index (Phi) is 7.34. The van der Waals surface area contributed by atoms with Gasteiger partial charge in [-0.2, -0.15) is 0 Å². The molecule has 2 rings (SSSR count). The molecule has 0 heterocycles. The molecule has 0 saturated carbocycles. The molecule has 3 heteroatoms. The molecule has 0 radical (unpaired) electrons. The minimum atomic E-state index is -0.150. The highest BCUT2D eigenvalue weighted by molar-refractivity contribution is 5.71. The van der Waals surface area contributed by atoms with Gasteiger partial charge in [0.2, 0.25) is 0 Å². The average Bonchev–Trinajstić information content (AvgIpc) is 2.57. The van der Waals surface area contributed by atoms with E-state index in [4.69, 9.17) is 4.74 Å². The average molecular weight is 311 g/mol. The predicted octanol–water partition coefficient (Wildman–Crippen LogP) is 3.68. The van der Waals surface area contributed by atoms with E-state index in [2.05, 4.69) is 41.3 Å². The first kappa shape index (κ1) is 17.2. The maximum atomic E-state index is 11.8. The van der Waals surface area contributed by atoms with Crippen LogP contribution in [0.25, 0.3) is 0 Å². The van der Waals surface area contributed by atoms with E-state index in [-0.39, 0.29) is 5.97 Å². The predicted molar refractivity (Wildman–Crippen MR) is 93.1 cm³/mol. The summed E-state index contributed by atoms with van der Waals surface area (Å²) in [4.78, 5) is 14.0. The van der Waals surface area contributed by atoms with Gasteiger partial charge in [-0.25, -0.2) is 0 Å². The number of benzene rings is 2. The van der Waals surface area contributed by atoms with E-state index in [0.717, 1.165) is 25.9 Å². The number of esters is 1. The smallest absolute Gasteiger partial charge is 0.320 e. The second-order valence-corrected chi connectivity index (χ2v) is 5.59. The summed E-state index contributed by atoms with van der Waals surface area (Å²) in [5.74, 6) is -0.150. The molecule has 0 fully saturated rings. The van der Waals surface area contributed by atoms with Crippen LogP contribution in [0, 0.1) is 0 Å². The van der Waals surface area contributed by atoms with Crippen molar-refractivity contribution in [2.45, 2.75) is 26.3 Å². The Bertz CT molecular complexity index is 569. The number of nitrogens with zero attached hydrogens (tertiary/aromatic N) is 1. The SMILES string of the molecule is CCOC(=O)CN(CCCc1ccccc1)Cc1ccccc1. The zero-order chi connectivity index (χ0) is 16.3. The zero-order valence-electron chi connectivity index (χ0n) is 13.8. The van der Waals surface area contributed by atoms with Crippen LogP contribution in [0.3, 0.4) is 0 Å². The molecule has 0 aliphatic heterocycles.